The van der Waals surface area contributed by atoms with Gasteiger partial charge in [-0.25, -0.2) is 4.79 Å². The Kier molecular flexibility index (Phi) is 5.42. The van der Waals surface area contributed by atoms with Crippen LogP contribution >= 0.6 is 12.2 Å². The maximum Gasteiger partial charge on any atom is 0.337 e. The maximum absolute atomic E-state index is 12.8. The van der Waals surface area contributed by atoms with Crippen molar-refractivity contribution in [3.63, 3.8) is 0 Å². The Morgan fingerprint density at radius 3 is 2.43 bits per heavy atom. The van der Waals surface area contributed by atoms with Crippen LogP contribution in [0.25, 0.3) is 10.8 Å². The maximum atomic E-state index is 12.8. The highest BCUT2D eigenvalue weighted by Gasteiger charge is 2.36. The van der Waals surface area contributed by atoms with Crippen LogP contribution in [0.2, 0.25) is 0 Å². The fourth-order valence-corrected chi connectivity index (χ4v) is 4.21. The lowest BCUT2D eigenvalue weighted by atomic mass is 9.93. The zero-order valence-electron chi connectivity index (χ0n) is 17.0. The molecule has 6 heteroatoms. The van der Waals surface area contributed by atoms with Crippen molar-refractivity contribution in [3.05, 3.63) is 83.6 Å². The van der Waals surface area contributed by atoms with E-state index in [-0.39, 0.29) is 0 Å². The third kappa shape index (κ3) is 3.39. The van der Waals surface area contributed by atoms with E-state index in [2.05, 4.69) is 23.5 Å². The Balaban J connectivity index is 1.87. The van der Waals surface area contributed by atoms with E-state index in [1.165, 1.54) is 7.11 Å². The third-order valence-corrected chi connectivity index (χ3v) is 5.62. The first kappa shape index (κ1) is 19.9. The van der Waals surface area contributed by atoms with Crippen molar-refractivity contribution in [2.45, 2.75) is 13.0 Å². The Morgan fingerprint density at radius 1 is 1.00 bits per heavy atom. The molecule has 30 heavy (non-hydrogen) atoms. The van der Waals surface area contributed by atoms with Gasteiger partial charge in [0.2, 0.25) is 0 Å². The lowest BCUT2D eigenvalue weighted by Gasteiger charge is -2.38. The zero-order chi connectivity index (χ0) is 21.3. The van der Waals surface area contributed by atoms with Gasteiger partial charge in [-0.1, -0.05) is 48.5 Å². The molecule has 0 aliphatic carbocycles. The highest BCUT2D eigenvalue weighted by Crippen LogP contribution is 2.38. The number of fused-ring (bicyclic) bond motifs is 1. The first-order valence-corrected chi connectivity index (χ1v) is 9.97. The number of para-hydroxylation sites is 2. The van der Waals surface area contributed by atoms with Gasteiger partial charge in [0.05, 0.1) is 31.5 Å². The standard InChI is InChI=1S/C24H22N2O3S/c1-15-21(23(27)29-3)22(18-13-12-16-8-4-5-9-17(16)14-18)25-24(30)26(15)19-10-6-7-11-20(19)28-2/h4-14,22H,1-3H3,(H,25,30)/t22-/m0/s1. The average molecular weight is 419 g/mol. The number of hydrogen-bond acceptors (Lipinski definition) is 4. The molecule has 4 rings (SSSR count). The molecule has 0 saturated carbocycles. The van der Waals surface area contributed by atoms with Gasteiger partial charge in [0, 0.05) is 5.70 Å². The van der Waals surface area contributed by atoms with E-state index >= 15 is 0 Å². The highest BCUT2D eigenvalue weighted by molar-refractivity contribution is 7.80. The SMILES string of the molecule is COC(=O)C1=C(C)N(c2ccccc2OC)C(=S)N[C@H]1c1ccc2ccccc2c1. The van der Waals surface area contributed by atoms with E-state index in [4.69, 9.17) is 21.7 Å². The monoisotopic (exact) mass is 418 g/mol. The number of ether oxygens (including phenoxy) is 2. The third-order valence-electron chi connectivity index (χ3n) is 5.32. The molecule has 152 valence electrons. The molecule has 0 unspecified atom stereocenters. The van der Waals surface area contributed by atoms with E-state index in [1.807, 2.05) is 60.4 Å². The fourth-order valence-electron chi connectivity index (χ4n) is 3.86. The van der Waals surface area contributed by atoms with Crippen LogP contribution < -0.4 is 15.0 Å². The second-order valence-electron chi connectivity index (χ2n) is 6.99. The zero-order valence-corrected chi connectivity index (χ0v) is 17.8. The molecule has 5 nitrogen and oxygen atoms in total. The lowest BCUT2D eigenvalue weighted by Crippen LogP contribution is -2.48. The van der Waals surface area contributed by atoms with E-state index in [9.17, 15) is 4.79 Å². The van der Waals surface area contributed by atoms with E-state index in [0.717, 1.165) is 22.0 Å². The second-order valence-corrected chi connectivity index (χ2v) is 7.37. The summed E-state index contributed by atoms with van der Waals surface area (Å²) in [4.78, 5) is 14.7. The Hall–Kier alpha value is -3.38. The van der Waals surface area contributed by atoms with Crippen LogP contribution in [0.4, 0.5) is 5.69 Å². The number of carbonyl (C=O) groups excluding carboxylic acids is 1. The molecule has 0 fully saturated rings. The highest BCUT2D eigenvalue weighted by atomic mass is 32.1. The van der Waals surface area contributed by atoms with Crippen LogP contribution in [0.1, 0.15) is 18.5 Å². The molecule has 3 aromatic carbocycles. The largest absolute Gasteiger partial charge is 0.495 e. The average Bonchev–Trinajstić information content (AvgIpc) is 2.78. The molecular formula is C24H22N2O3S. The molecule has 0 amide bonds. The number of carbonyl (C=O) groups is 1. The minimum atomic E-state index is -0.416. The molecule has 0 spiro atoms. The predicted molar refractivity (Wildman–Crippen MR) is 123 cm³/mol. The number of nitrogens with zero attached hydrogens (tertiary/aromatic N) is 1. The van der Waals surface area contributed by atoms with E-state index in [1.54, 1.807) is 7.11 Å². The van der Waals surface area contributed by atoms with Crippen molar-refractivity contribution in [1.29, 1.82) is 0 Å². The van der Waals surface area contributed by atoms with Crippen LogP contribution in [0.3, 0.4) is 0 Å². The minimum absolute atomic E-state index is 0.402. The van der Waals surface area contributed by atoms with Gasteiger partial charge in [-0.3, -0.25) is 4.90 Å². The molecule has 0 bridgehead atoms. The summed E-state index contributed by atoms with van der Waals surface area (Å²) in [7, 11) is 3.00. The summed E-state index contributed by atoms with van der Waals surface area (Å²) in [5.74, 6) is 0.259. The fraction of sp³-hybridized carbons (Fsp3) is 0.167. The normalized spacial score (nSPS) is 16.4. The topological polar surface area (TPSA) is 50.8 Å². The first-order valence-electron chi connectivity index (χ1n) is 9.56. The van der Waals surface area contributed by atoms with Crippen LogP contribution in [0.15, 0.2) is 78.0 Å². The Bertz CT molecular complexity index is 1170. The quantitative estimate of drug-likeness (QED) is 0.488. The second kappa shape index (κ2) is 8.16. The van der Waals surface area contributed by atoms with Crippen LogP contribution in [0.5, 0.6) is 5.75 Å². The number of benzene rings is 3. The summed E-state index contributed by atoms with van der Waals surface area (Å²) in [5.41, 5.74) is 2.91. The minimum Gasteiger partial charge on any atom is -0.495 e. The number of nitrogens with one attached hydrogen (secondary N) is 1. The number of hydrogen-bond donors (Lipinski definition) is 1. The number of esters is 1. The Morgan fingerprint density at radius 2 is 1.70 bits per heavy atom. The van der Waals surface area contributed by atoms with Crippen molar-refractivity contribution in [2.75, 3.05) is 19.1 Å². The summed E-state index contributed by atoms with van der Waals surface area (Å²) in [6, 6.07) is 21.4. The van der Waals surface area contributed by atoms with Gasteiger partial charge in [0.15, 0.2) is 5.11 Å². The van der Waals surface area contributed by atoms with Crippen molar-refractivity contribution >= 4 is 39.8 Å². The van der Waals surface area contributed by atoms with Crippen molar-refractivity contribution in [1.82, 2.24) is 5.32 Å². The van der Waals surface area contributed by atoms with Gasteiger partial charge in [0.1, 0.15) is 5.75 Å². The number of anilines is 1. The lowest BCUT2D eigenvalue weighted by molar-refractivity contribution is -0.136. The molecule has 1 N–H and O–H groups in total. The van der Waals surface area contributed by atoms with Crippen molar-refractivity contribution in [2.24, 2.45) is 0 Å². The summed E-state index contributed by atoms with van der Waals surface area (Å²) < 4.78 is 10.6. The molecular weight excluding hydrogens is 396 g/mol. The molecule has 1 atom stereocenters. The van der Waals surface area contributed by atoms with Crippen molar-refractivity contribution in [3.8, 4) is 5.75 Å². The van der Waals surface area contributed by atoms with Crippen LogP contribution in [0, 0.1) is 0 Å². The van der Waals surface area contributed by atoms with Gasteiger partial charge in [-0.15, -0.1) is 0 Å². The summed E-state index contributed by atoms with van der Waals surface area (Å²) in [6.07, 6.45) is 0. The molecule has 1 aliphatic rings. The molecule has 1 heterocycles. The summed E-state index contributed by atoms with van der Waals surface area (Å²) in [6.45, 7) is 1.87. The number of methoxy groups -OCH3 is 2. The molecule has 0 radical (unpaired) electrons. The predicted octanol–water partition coefficient (Wildman–Crippen LogP) is 4.73. The van der Waals surface area contributed by atoms with E-state index < -0.39 is 12.0 Å². The molecule has 1 aliphatic heterocycles. The summed E-state index contributed by atoms with van der Waals surface area (Å²) >= 11 is 5.72. The van der Waals surface area contributed by atoms with Crippen molar-refractivity contribution < 1.29 is 14.3 Å². The van der Waals surface area contributed by atoms with Gasteiger partial charge in [0.25, 0.3) is 0 Å². The van der Waals surface area contributed by atoms with Crippen LogP contribution in [-0.2, 0) is 9.53 Å². The number of thiocarbonyl (C=S) groups is 1. The number of allylic oxidation sites excluding steroid dienone is 1. The smallest absolute Gasteiger partial charge is 0.337 e. The van der Waals surface area contributed by atoms with E-state index in [0.29, 0.717) is 22.1 Å². The van der Waals surface area contributed by atoms with Gasteiger partial charge < -0.3 is 14.8 Å². The van der Waals surface area contributed by atoms with Gasteiger partial charge in [-0.05, 0) is 53.7 Å². The number of rotatable bonds is 4. The van der Waals surface area contributed by atoms with Gasteiger partial charge in [-0.2, -0.15) is 0 Å². The molecule has 3 aromatic rings. The molecule has 0 aromatic heterocycles. The Labute approximate surface area is 180 Å². The van der Waals surface area contributed by atoms with Gasteiger partial charge >= 0.3 is 5.97 Å². The molecule has 0 saturated heterocycles. The first-order chi connectivity index (χ1) is 14.5. The van der Waals surface area contributed by atoms with Crippen LogP contribution in [-0.4, -0.2) is 25.3 Å². The summed E-state index contributed by atoms with van der Waals surface area (Å²) in [5, 5.41) is 6.05.